The average Bonchev–Trinajstić information content (AvgIpc) is 2.91. The van der Waals surface area contributed by atoms with Gasteiger partial charge in [-0.05, 0) is 42.5 Å². The second-order valence-electron chi connectivity index (χ2n) is 7.47. The minimum atomic E-state index is -4.26. The summed E-state index contributed by atoms with van der Waals surface area (Å²) >= 11 is 0. The Labute approximate surface area is 221 Å². The highest BCUT2D eigenvalue weighted by Gasteiger charge is 2.21. The van der Waals surface area contributed by atoms with Crippen molar-refractivity contribution in [3.63, 3.8) is 0 Å². The molecule has 0 bridgehead atoms. The summed E-state index contributed by atoms with van der Waals surface area (Å²) in [5.74, 6) is 1.45. The molecule has 0 spiro atoms. The van der Waals surface area contributed by atoms with Gasteiger partial charge >= 0.3 is 10.1 Å². The molecule has 3 aromatic rings. The van der Waals surface area contributed by atoms with Crippen molar-refractivity contribution in [2.24, 2.45) is 0 Å². The Balaban J connectivity index is 1.88. The Bertz CT molecular complexity index is 1490. The first-order valence-electron chi connectivity index (χ1n) is 10.8. The van der Waals surface area contributed by atoms with Gasteiger partial charge in [0, 0.05) is 18.2 Å². The van der Waals surface area contributed by atoms with E-state index in [1.807, 2.05) is 0 Å². The molecule has 38 heavy (non-hydrogen) atoms. The molecule has 0 aromatic heterocycles. The van der Waals surface area contributed by atoms with Gasteiger partial charge in [0.1, 0.15) is 27.9 Å². The van der Waals surface area contributed by atoms with E-state index in [4.69, 9.17) is 27.9 Å². The molecule has 0 aliphatic carbocycles. The molecule has 13 heteroatoms. The van der Waals surface area contributed by atoms with Crippen LogP contribution in [0.15, 0.2) is 64.9 Å². The van der Waals surface area contributed by atoms with Crippen LogP contribution in [-0.2, 0) is 20.1 Å². The van der Waals surface area contributed by atoms with Gasteiger partial charge in [-0.1, -0.05) is 0 Å². The Morgan fingerprint density at radius 3 is 1.74 bits per heavy atom. The Morgan fingerprint density at radius 2 is 1.21 bits per heavy atom. The quantitative estimate of drug-likeness (QED) is 0.322. The van der Waals surface area contributed by atoms with Gasteiger partial charge in [0.05, 0.1) is 52.2 Å². The van der Waals surface area contributed by atoms with E-state index in [-0.39, 0.29) is 22.1 Å². The van der Waals surface area contributed by atoms with Crippen LogP contribution >= 0.6 is 0 Å². The fourth-order valence-electron chi connectivity index (χ4n) is 3.27. The van der Waals surface area contributed by atoms with Crippen molar-refractivity contribution >= 4 is 31.9 Å². The standard InChI is InChI=1S/C25H27NO10S2/c1-31-18-7-9-20(10-8-18)38(29,30)36-25-14-17(6-11-22(25)33-3)26-37(27,28)13-12-21-23(34-4)15-19(32-2)16-24(21)35-5/h6-16,26H,1-5H3. The molecule has 3 aromatic carbocycles. The summed E-state index contributed by atoms with van der Waals surface area (Å²) in [6.07, 6.45) is 1.30. The molecule has 0 aliphatic heterocycles. The van der Waals surface area contributed by atoms with E-state index >= 15 is 0 Å². The highest BCUT2D eigenvalue weighted by molar-refractivity contribution is 7.95. The van der Waals surface area contributed by atoms with Crippen molar-refractivity contribution < 1.29 is 44.7 Å². The average molecular weight is 566 g/mol. The number of hydrogen-bond acceptors (Lipinski definition) is 10. The minimum absolute atomic E-state index is 0.0315. The van der Waals surface area contributed by atoms with Crippen LogP contribution in [0.3, 0.4) is 0 Å². The maximum Gasteiger partial charge on any atom is 0.339 e. The number of methoxy groups -OCH3 is 5. The van der Waals surface area contributed by atoms with Crippen LogP contribution in [0.4, 0.5) is 5.69 Å². The van der Waals surface area contributed by atoms with Crippen LogP contribution in [0, 0.1) is 0 Å². The largest absolute Gasteiger partial charge is 0.497 e. The minimum Gasteiger partial charge on any atom is -0.497 e. The lowest BCUT2D eigenvalue weighted by Gasteiger charge is -2.14. The van der Waals surface area contributed by atoms with E-state index in [0.717, 1.165) is 5.41 Å². The highest BCUT2D eigenvalue weighted by Crippen LogP contribution is 2.36. The van der Waals surface area contributed by atoms with E-state index in [9.17, 15) is 16.8 Å². The molecule has 1 N–H and O–H groups in total. The lowest BCUT2D eigenvalue weighted by Crippen LogP contribution is -2.12. The lowest BCUT2D eigenvalue weighted by atomic mass is 10.1. The number of ether oxygens (including phenoxy) is 5. The third-order valence-electron chi connectivity index (χ3n) is 5.14. The summed E-state index contributed by atoms with van der Waals surface area (Å²) in [5.41, 5.74) is 0.398. The predicted octanol–water partition coefficient (Wildman–Crippen LogP) is 3.91. The first-order valence-corrected chi connectivity index (χ1v) is 13.8. The van der Waals surface area contributed by atoms with Crippen molar-refractivity contribution in [2.45, 2.75) is 4.90 Å². The Morgan fingerprint density at radius 1 is 0.632 bits per heavy atom. The summed E-state index contributed by atoms with van der Waals surface area (Å²) in [5, 5.41) is 0.915. The van der Waals surface area contributed by atoms with Crippen LogP contribution in [0.1, 0.15) is 5.56 Å². The van der Waals surface area contributed by atoms with Gasteiger partial charge in [-0.3, -0.25) is 4.72 Å². The number of benzene rings is 3. The molecule has 0 unspecified atom stereocenters. The zero-order valence-corrected chi connectivity index (χ0v) is 22.9. The molecule has 0 fully saturated rings. The summed E-state index contributed by atoms with van der Waals surface area (Å²) in [6.45, 7) is 0. The number of nitrogens with one attached hydrogen (secondary N) is 1. The predicted molar refractivity (Wildman–Crippen MR) is 141 cm³/mol. The third-order valence-corrected chi connectivity index (χ3v) is 7.40. The lowest BCUT2D eigenvalue weighted by molar-refractivity contribution is 0.374. The fourth-order valence-corrected chi connectivity index (χ4v) is 5.04. The Hall–Kier alpha value is -4.10. The van der Waals surface area contributed by atoms with E-state index < -0.39 is 20.1 Å². The summed E-state index contributed by atoms with van der Waals surface area (Å²) in [6, 6.07) is 12.7. The van der Waals surface area contributed by atoms with Crippen molar-refractivity contribution in [3.05, 3.63) is 65.6 Å². The van der Waals surface area contributed by atoms with Crippen LogP contribution in [-0.4, -0.2) is 52.4 Å². The molecule has 3 rings (SSSR count). The normalized spacial score (nSPS) is 11.6. The SMILES string of the molecule is COc1ccc(S(=O)(=O)Oc2cc(NS(=O)(=O)C=Cc3c(OC)cc(OC)cc3OC)ccc2OC)cc1. The van der Waals surface area contributed by atoms with Gasteiger partial charge in [0.15, 0.2) is 11.5 Å². The second-order valence-corrected chi connectivity index (χ2v) is 10.6. The number of anilines is 1. The topological polar surface area (TPSA) is 136 Å². The van der Waals surface area contributed by atoms with E-state index in [2.05, 4.69) is 4.72 Å². The molecule has 0 heterocycles. The summed E-state index contributed by atoms with van der Waals surface area (Å²) in [7, 11) is -1.22. The van der Waals surface area contributed by atoms with Crippen molar-refractivity contribution in [1.29, 1.82) is 0 Å². The number of rotatable bonds is 12. The van der Waals surface area contributed by atoms with Crippen LogP contribution in [0.2, 0.25) is 0 Å². The maximum absolute atomic E-state index is 12.8. The summed E-state index contributed by atoms with van der Waals surface area (Å²) in [4.78, 5) is -0.128. The van der Waals surface area contributed by atoms with Gasteiger partial charge < -0.3 is 27.9 Å². The smallest absolute Gasteiger partial charge is 0.339 e. The van der Waals surface area contributed by atoms with Gasteiger partial charge in [-0.25, -0.2) is 8.42 Å². The molecular weight excluding hydrogens is 538 g/mol. The van der Waals surface area contributed by atoms with E-state index in [0.29, 0.717) is 28.6 Å². The zero-order chi connectivity index (χ0) is 27.9. The molecule has 0 aliphatic rings. The van der Waals surface area contributed by atoms with Crippen LogP contribution < -0.4 is 32.6 Å². The van der Waals surface area contributed by atoms with E-state index in [1.165, 1.54) is 84.1 Å². The fraction of sp³-hybridized carbons (Fsp3) is 0.200. The van der Waals surface area contributed by atoms with Crippen molar-refractivity contribution in [3.8, 4) is 34.5 Å². The molecule has 0 saturated carbocycles. The van der Waals surface area contributed by atoms with Gasteiger partial charge in [0.2, 0.25) is 0 Å². The molecule has 0 amide bonds. The molecule has 0 radical (unpaired) electrons. The second kappa shape index (κ2) is 12.0. The number of hydrogen-bond donors (Lipinski definition) is 1. The van der Waals surface area contributed by atoms with Gasteiger partial charge in [-0.2, -0.15) is 8.42 Å². The van der Waals surface area contributed by atoms with Gasteiger partial charge in [0.25, 0.3) is 10.0 Å². The third kappa shape index (κ3) is 6.81. The monoisotopic (exact) mass is 565 g/mol. The van der Waals surface area contributed by atoms with Crippen molar-refractivity contribution in [1.82, 2.24) is 0 Å². The Kier molecular flexibility index (Phi) is 8.96. The molecule has 0 atom stereocenters. The first kappa shape index (κ1) is 28.5. The van der Waals surface area contributed by atoms with Gasteiger partial charge in [-0.15, -0.1) is 0 Å². The molecule has 11 nitrogen and oxygen atoms in total. The summed E-state index contributed by atoms with van der Waals surface area (Å²) < 4.78 is 84.9. The highest BCUT2D eigenvalue weighted by atomic mass is 32.2. The van der Waals surface area contributed by atoms with Crippen molar-refractivity contribution in [2.75, 3.05) is 40.3 Å². The molecule has 0 saturated heterocycles. The van der Waals surface area contributed by atoms with E-state index in [1.54, 1.807) is 12.1 Å². The molecule has 204 valence electrons. The number of sulfonamides is 1. The maximum atomic E-state index is 12.8. The first-order chi connectivity index (χ1) is 18.0. The molecular formula is C25H27NO10S2. The zero-order valence-electron chi connectivity index (χ0n) is 21.2. The van der Waals surface area contributed by atoms with Crippen LogP contribution in [0.5, 0.6) is 34.5 Å². The van der Waals surface area contributed by atoms with Crippen LogP contribution in [0.25, 0.3) is 6.08 Å².